The molecule has 0 aliphatic heterocycles. The first kappa shape index (κ1) is 17.4. The molecule has 0 saturated carbocycles. The van der Waals surface area contributed by atoms with Crippen LogP contribution in [0.5, 0.6) is 0 Å². The van der Waals surface area contributed by atoms with Gasteiger partial charge in [0.2, 0.25) is 0 Å². The molecule has 110 valence electrons. The molecular weight excluding hydrogens is 280 g/mol. The molecule has 0 saturated heterocycles. The standard InChI is InChI=1S/C10H28O4S3/c1-10(2,11)7-16(5,13)9-17(6,14)8-15(3,4)12/h11,15-17H,7-9H2,1-6H3. The second-order valence-electron chi connectivity index (χ2n) is 6.42. The molecule has 0 bridgehead atoms. The quantitative estimate of drug-likeness (QED) is 0.487. The van der Waals surface area contributed by atoms with Crippen LogP contribution in [0.3, 0.4) is 0 Å². The van der Waals surface area contributed by atoms with E-state index in [4.69, 9.17) is 0 Å². The average Bonchev–Trinajstić information content (AvgIpc) is 1.65. The maximum Gasteiger partial charge on any atom is 0.0687 e. The van der Waals surface area contributed by atoms with Crippen LogP contribution in [0.25, 0.3) is 0 Å². The Morgan fingerprint density at radius 2 is 1.29 bits per heavy atom. The summed E-state index contributed by atoms with van der Waals surface area (Å²) in [5, 5.41) is 9.92. The van der Waals surface area contributed by atoms with Crippen molar-refractivity contribution in [2.75, 3.05) is 40.9 Å². The second kappa shape index (κ2) is 5.19. The smallest absolute Gasteiger partial charge is 0.0687 e. The minimum absolute atomic E-state index is 0.0929. The van der Waals surface area contributed by atoms with Crippen molar-refractivity contribution >= 4 is 29.8 Å². The molecule has 0 unspecified atom stereocenters. The lowest BCUT2D eigenvalue weighted by Gasteiger charge is -2.32. The lowest BCUT2D eigenvalue weighted by molar-refractivity contribution is 0.105. The van der Waals surface area contributed by atoms with Crippen LogP contribution in [-0.2, 0) is 29.8 Å². The van der Waals surface area contributed by atoms with Crippen LogP contribution in [0.1, 0.15) is 13.8 Å². The van der Waals surface area contributed by atoms with E-state index in [1.807, 2.05) is 0 Å². The zero-order valence-electron chi connectivity index (χ0n) is 11.6. The van der Waals surface area contributed by atoms with Gasteiger partial charge < -0.3 is 5.11 Å². The SMILES string of the molecule is CC(C)(O)C[SH](C)(=O)C[SH](C)(=O)C[SH](C)(C)=O. The fourth-order valence-corrected chi connectivity index (χ4v) is 16.3. The summed E-state index contributed by atoms with van der Waals surface area (Å²) in [4.78, 5) is 0. The van der Waals surface area contributed by atoms with Crippen LogP contribution in [0.15, 0.2) is 0 Å². The Balaban J connectivity index is 4.78. The zero-order valence-corrected chi connectivity index (χ0v) is 14.3. The maximum absolute atomic E-state index is 12.3. The topological polar surface area (TPSA) is 71.4 Å². The van der Waals surface area contributed by atoms with Gasteiger partial charge in [-0.05, 0) is 38.9 Å². The summed E-state index contributed by atoms with van der Waals surface area (Å²) in [6.07, 6.45) is 6.32. The van der Waals surface area contributed by atoms with Crippen molar-refractivity contribution in [3.8, 4) is 0 Å². The molecule has 0 atom stereocenters. The highest BCUT2D eigenvalue weighted by Crippen LogP contribution is 2.18. The summed E-state index contributed by atoms with van der Waals surface area (Å²) >= 11 is 0. The Bertz CT molecular complexity index is 402. The van der Waals surface area contributed by atoms with Gasteiger partial charge in [-0.2, -0.15) is 0 Å². The van der Waals surface area contributed by atoms with Crippen molar-refractivity contribution in [2.24, 2.45) is 0 Å². The van der Waals surface area contributed by atoms with Gasteiger partial charge in [-0.3, -0.25) is 12.6 Å². The Morgan fingerprint density at radius 3 is 1.59 bits per heavy atom. The molecule has 0 fully saturated rings. The number of hydrogen-bond donors (Lipinski definition) is 4. The lowest BCUT2D eigenvalue weighted by Crippen LogP contribution is -2.40. The third-order valence-corrected chi connectivity index (χ3v) is 13.3. The van der Waals surface area contributed by atoms with E-state index in [0.717, 1.165) is 0 Å². The van der Waals surface area contributed by atoms with Crippen LogP contribution < -0.4 is 0 Å². The third-order valence-electron chi connectivity index (χ3n) is 1.96. The molecule has 0 aromatic carbocycles. The molecule has 0 aromatic heterocycles. The van der Waals surface area contributed by atoms with Gasteiger partial charge in [0, 0.05) is 5.75 Å². The van der Waals surface area contributed by atoms with Crippen LogP contribution in [-0.4, -0.2) is 64.3 Å². The zero-order chi connectivity index (χ0) is 14.1. The number of aliphatic hydroxyl groups is 1. The molecule has 4 nitrogen and oxygen atoms in total. The molecule has 0 radical (unpaired) electrons. The first-order valence-electron chi connectivity index (χ1n) is 5.49. The van der Waals surface area contributed by atoms with E-state index < -0.39 is 35.4 Å². The van der Waals surface area contributed by atoms with E-state index in [2.05, 4.69) is 0 Å². The lowest BCUT2D eigenvalue weighted by atomic mass is 10.2. The minimum atomic E-state index is -2.66. The Morgan fingerprint density at radius 1 is 0.882 bits per heavy atom. The summed E-state index contributed by atoms with van der Waals surface area (Å²) in [5.41, 5.74) is -1.02. The predicted molar refractivity (Wildman–Crippen MR) is 83.2 cm³/mol. The molecule has 0 amide bonds. The molecule has 0 aromatic rings. The van der Waals surface area contributed by atoms with Gasteiger partial charge in [-0.15, -0.1) is 0 Å². The molecule has 17 heavy (non-hydrogen) atoms. The number of hydrogen-bond acceptors (Lipinski definition) is 4. The normalized spacial score (nSPS) is 17.8. The van der Waals surface area contributed by atoms with Crippen LogP contribution in [0, 0.1) is 0 Å². The Kier molecular flexibility index (Phi) is 5.31. The minimum Gasteiger partial charge on any atom is -0.390 e. The van der Waals surface area contributed by atoms with E-state index >= 15 is 0 Å². The van der Waals surface area contributed by atoms with Gasteiger partial charge in [-0.1, -0.05) is 29.8 Å². The molecule has 0 aliphatic carbocycles. The van der Waals surface area contributed by atoms with E-state index in [0.29, 0.717) is 0 Å². The van der Waals surface area contributed by atoms with E-state index in [1.165, 1.54) is 0 Å². The van der Waals surface area contributed by atoms with E-state index in [1.54, 1.807) is 38.9 Å². The summed E-state index contributed by atoms with van der Waals surface area (Å²) in [6, 6.07) is 0. The molecule has 0 rings (SSSR count). The second-order valence-corrected chi connectivity index (χ2v) is 17.3. The van der Waals surface area contributed by atoms with Crippen molar-refractivity contribution < 1.29 is 17.7 Å². The predicted octanol–water partition coefficient (Wildman–Crippen LogP) is -0.758. The first-order chi connectivity index (χ1) is 7.12. The van der Waals surface area contributed by atoms with Gasteiger partial charge in [0.1, 0.15) is 0 Å². The van der Waals surface area contributed by atoms with Crippen molar-refractivity contribution in [3.05, 3.63) is 0 Å². The number of thiol groups is 3. The largest absolute Gasteiger partial charge is 0.390 e. The molecule has 0 spiro atoms. The van der Waals surface area contributed by atoms with E-state index in [9.17, 15) is 17.7 Å². The van der Waals surface area contributed by atoms with Gasteiger partial charge in [0.25, 0.3) is 0 Å². The first-order valence-corrected chi connectivity index (χ1v) is 13.3. The molecule has 0 heterocycles. The highest BCUT2D eigenvalue weighted by Gasteiger charge is 2.26. The van der Waals surface area contributed by atoms with Crippen LogP contribution >= 0.6 is 0 Å². The summed E-state index contributed by atoms with van der Waals surface area (Å²) in [6.45, 7) is 3.18. The average molecular weight is 309 g/mol. The van der Waals surface area contributed by atoms with Gasteiger partial charge in [0.05, 0.1) is 15.8 Å². The van der Waals surface area contributed by atoms with Crippen LogP contribution in [0.4, 0.5) is 0 Å². The van der Waals surface area contributed by atoms with Crippen molar-refractivity contribution in [1.82, 2.24) is 0 Å². The molecular formula is C10H28O4S3. The molecule has 0 aliphatic rings. The third kappa shape index (κ3) is 10.1. The summed E-state index contributed by atoms with van der Waals surface area (Å²) in [7, 11) is -7.69. The number of rotatable bonds is 6. The van der Waals surface area contributed by atoms with Crippen molar-refractivity contribution in [1.29, 1.82) is 0 Å². The Hall–Kier alpha value is 0.410. The fourth-order valence-electron chi connectivity index (χ4n) is 2.27. The van der Waals surface area contributed by atoms with Gasteiger partial charge in [-0.25, -0.2) is 0 Å². The highest BCUT2D eigenvalue weighted by atomic mass is 32.3. The maximum atomic E-state index is 12.3. The monoisotopic (exact) mass is 308 g/mol. The molecule has 7 heteroatoms. The van der Waals surface area contributed by atoms with E-state index in [-0.39, 0.29) is 15.9 Å². The van der Waals surface area contributed by atoms with Crippen molar-refractivity contribution in [2.45, 2.75) is 19.4 Å². The van der Waals surface area contributed by atoms with Gasteiger partial charge in [0.15, 0.2) is 0 Å². The summed E-state index contributed by atoms with van der Waals surface area (Å²) < 4.78 is 36.3. The van der Waals surface area contributed by atoms with Crippen LogP contribution in [0.2, 0.25) is 0 Å². The van der Waals surface area contributed by atoms with Gasteiger partial charge >= 0.3 is 0 Å². The highest BCUT2D eigenvalue weighted by molar-refractivity contribution is 8.24. The summed E-state index contributed by atoms with van der Waals surface area (Å²) in [5.74, 6) is 0.148. The fraction of sp³-hybridized carbons (Fsp3) is 1.00. The molecule has 1 N–H and O–H groups in total. The van der Waals surface area contributed by atoms with Crippen molar-refractivity contribution in [3.63, 3.8) is 0 Å². The Labute approximate surface area is 108 Å².